The van der Waals surface area contributed by atoms with Crippen LogP contribution in [-0.2, 0) is 17.8 Å². The molecular weight excluding hydrogens is 346 g/mol. The third kappa shape index (κ3) is 3.95. The van der Waals surface area contributed by atoms with E-state index in [1.807, 2.05) is 25.1 Å². The first kappa shape index (κ1) is 18.5. The molecule has 0 spiro atoms. The van der Waals surface area contributed by atoms with Crippen molar-refractivity contribution in [1.82, 2.24) is 4.57 Å². The Labute approximate surface area is 156 Å². The molecule has 1 aromatic heterocycles. The Balaban J connectivity index is 2.15. The molecule has 0 aliphatic carbocycles. The highest BCUT2D eigenvalue weighted by atomic mass is 16.5. The van der Waals surface area contributed by atoms with E-state index < -0.39 is 5.97 Å². The third-order valence-corrected chi connectivity index (χ3v) is 4.42. The number of benzene rings is 2. The van der Waals surface area contributed by atoms with E-state index in [0.717, 1.165) is 11.1 Å². The van der Waals surface area contributed by atoms with E-state index in [1.54, 1.807) is 43.2 Å². The Hall–Kier alpha value is -3.28. The van der Waals surface area contributed by atoms with E-state index in [4.69, 9.17) is 9.47 Å². The minimum absolute atomic E-state index is 0.0999. The quantitative estimate of drug-likeness (QED) is 0.725. The number of aliphatic carboxylic acids is 1. The van der Waals surface area contributed by atoms with Crippen LogP contribution in [-0.4, -0.2) is 29.9 Å². The van der Waals surface area contributed by atoms with Gasteiger partial charge in [0.05, 0.1) is 19.7 Å². The summed E-state index contributed by atoms with van der Waals surface area (Å²) in [5.41, 5.74) is 2.82. The van der Waals surface area contributed by atoms with Gasteiger partial charge in [0.25, 0.3) is 0 Å². The van der Waals surface area contributed by atoms with Gasteiger partial charge in [-0.1, -0.05) is 11.6 Å². The van der Waals surface area contributed by atoms with Crippen LogP contribution in [0.1, 0.15) is 16.7 Å². The number of pyridine rings is 1. The topological polar surface area (TPSA) is 77.8 Å². The number of ether oxygens (including phenoxy) is 2. The largest absolute Gasteiger partial charge is 0.497 e. The number of methoxy groups -OCH3 is 2. The van der Waals surface area contributed by atoms with Gasteiger partial charge in [0.15, 0.2) is 5.43 Å². The van der Waals surface area contributed by atoms with Crippen molar-refractivity contribution < 1.29 is 19.4 Å². The molecule has 0 aliphatic rings. The molecule has 6 heteroatoms. The SMILES string of the molecule is COc1cc(Cc2cn(CC(=O)O)c3ccc(C)cc3c2=O)cc(OC)c1. The van der Waals surface area contributed by atoms with Gasteiger partial charge in [0.2, 0.25) is 0 Å². The second kappa shape index (κ2) is 7.53. The van der Waals surface area contributed by atoms with Crippen LogP contribution in [0.15, 0.2) is 47.4 Å². The van der Waals surface area contributed by atoms with E-state index >= 15 is 0 Å². The molecule has 0 radical (unpaired) electrons. The maximum absolute atomic E-state index is 13.0. The number of fused-ring (bicyclic) bond motifs is 1. The predicted octanol–water partition coefficient (Wildman–Crippen LogP) is 3.00. The summed E-state index contributed by atoms with van der Waals surface area (Å²) in [6.45, 7) is 1.69. The van der Waals surface area contributed by atoms with Crippen molar-refractivity contribution in [3.05, 3.63) is 69.5 Å². The summed E-state index contributed by atoms with van der Waals surface area (Å²) in [6, 6.07) is 10.9. The number of nitrogens with zero attached hydrogens (tertiary/aromatic N) is 1. The van der Waals surface area contributed by atoms with Gasteiger partial charge in [-0.05, 0) is 36.8 Å². The van der Waals surface area contributed by atoms with Gasteiger partial charge in [-0.15, -0.1) is 0 Å². The maximum atomic E-state index is 13.0. The second-order valence-electron chi connectivity index (χ2n) is 6.42. The summed E-state index contributed by atoms with van der Waals surface area (Å²) in [4.78, 5) is 24.3. The number of aromatic nitrogens is 1. The van der Waals surface area contributed by atoms with Crippen molar-refractivity contribution in [3.8, 4) is 11.5 Å². The lowest BCUT2D eigenvalue weighted by Crippen LogP contribution is -2.18. The number of hydrogen-bond donors (Lipinski definition) is 1. The van der Waals surface area contributed by atoms with E-state index in [-0.39, 0.29) is 12.0 Å². The Morgan fingerprint density at radius 1 is 1.07 bits per heavy atom. The van der Waals surface area contributed by atoms with Crippen LogP contribution < -0.4 is 14.9 Å². The van der Waals surface area contributed by atoms with Crippen molar-refractivity contribution in [1.29, 1.82) is 0 Å². The summed E-state index contributed by atoms with van der Waals surface area (Å²) in [5.74, 6) is 0.299. The summed E-state index contributed by atoms with van der Waals surface area (Å²) >= 11 is 0. The molecule has 0 bridgehead atoms. The zero-order valence-electron chi connectivity index (χ0n) is 15.5. The van der Waals surface area contributed by atoms with Gasteiger partial charge < -0.3 is 19.1 Å². The molecule has 0 saturated carbocycles. The highest BCUT2D eigenvalue weighted by Crippen LogP contribution is 2.24. The molecule has 3 rings (SSSR count). The molecule has 1 N–H and O–H groups in total. The standard InChI is InChI=1S/C21H21NO5/c1-13-4-5-19-18(6-13)21(25)15(11-22(19)12-20(23)24)7-14-8-16(26-2)10-17(9-14)27-3/h4-6,8-11H,7,12H2,1-3H3,(H,23,24). The molecule has 27 heavy (non-hydrogen) atoms. The zero-order chi connectivity index (χ0) is 19.6. The first-order valence-corrected chi connectivity index (χ1v) is 8.47. The van der Waals surface area contributed by atoms with Crippen molar-refractivity contribution in [2.75, 3.05) is 14.2 Å². The van der Waals surface area contributed by atoms with Gasteiger partial charge in [-0.25, -0.2) is 0 Å². The van der Waals surface area contributed by atoms with E-state index in [1.165, 1.54) is 0 Å². The van der Waals surface area contributed by atoms with Gasteiger partial charge in [-0.2, -0.15) is 0 Å². The van der Waals surface area contributed by atoms with Gasteiger partial charge >= 0.3 is 5.97 Å². The summed E-state index contributed by atoms with van der Waals surface area (Å²) in [5, 5.41) is 9.75. The first-order valence-electron chi connectivity index (χ1n) is 8.47. The van der Waals surface area contributed by atoms with Gasteiger partial charge in [0.1, 0.15) is 18.0 Å². The van der Waals surface area contributed by atoms with Crippen LogP contribution in [0.4, 0.5) is 0 Å². The Morgan fingerprint density at radius 2 is 1.74 bits per heavy atom. The minimum atomic E-state index is -0.963. The molecule has 0 fully saturated rings. The Morgan fingerprint density at radius 3 is 2.33 bits per heavy atom. The van der Waals surface area contributed by atoms with Crippen molar-refractivity contribution in [3.63, 3.8) is 0 Å². The van der Waals surface area contributed by atoms with Crippen LogP contribution in [0.25, 0.3) is 10.9 Å². The lowest BCUT2D eigenvalue weighted by molar-refractivity contribution is -0.137. The number of carboxylic acids is 1. The smallest absolute Gasteiger partial charge is 0.323 e. The fourth-order valence-corrected chi connectivity index (χ4v) is 3.16. The minimum Gasteiger partial charge on any atom is -0.497 e. The van der Waals surface area contributed by atoms with E-state index in [2.05, 4.69) is 0 Å². The van der Waals surface area contributed by atoms with Gasteiger partial charge in [0, 0.05) is 29.6 Å². The molecule has 0 aliphatic heterocycles. The monoisotopic (exact) mass is 367 g/mol. The average molecular weight is 367 g/mol. The molecule has 1 heterocycles. The Bertz CT molecular complexity index is 1050. The summed E-state index contributed by atoms with van der Waals surface area (Å²) in [7, 11) is 3.13. The second-order valence-corrected chi connectivity index (χ2v) is 6.42. The molecule has 0 unspecified atom stereocenters. The fourth-order valence-electron chi connectivity index (χ4n) is 3.16. The van der Waals surface area contributed by atoms with Crippen LogP contribution in [0.3, 0.4) is 0 Å². The molecule has 3 aromatic rings. The van der Waals surface area contributed by atoms with Crippen LogP contribution in [0, 0.1) is 6.92 Å². The molecule has 0 amide bonds. The Kier molecular flexibility index (Phi) is 5.16. The highest BCUT2D eigenvalue weighted by molar-refractivity contribution is 5.82. The molecule has 2 aromatic carbocycles. The highest BCUT2D eigenvalue weighted by Gasteiger charge is 2.13. The molecule has 0 saturated heterocycles. The van der Waals surface area contributed by atoms with Crippen molar-refractivity contribution in [2.45, 2.75) is 19.9 Å². The normalized spacial score (nSPS) is 10.8. The molecule has 0 atom stereocenters. The number of carbonyl (C=O) groups is 1. The van der Waals surface area contributed by atoms with Crippen LogP contribution >= 0.6 is 0 Å². The first-order chi connectivity index (χ1) is 12.9. The molecule has 6 nitrogen and oxygen atoms in total. The molecular formula is C21H21NO5. The third-order valence-electron chi connectivity index (χ3n) is 4.42. The maximum Gasteiger partial charge on any atom is 0.323 e. The molecule has 140 valence electrons. The van der Waals surface area contributed by atoms with Gasteiger partial charge in [-0.3, -0.25) is 9.59 Å². The van der Waals surface area contributed by atoms with Crippen molar-refractivity contribution >= 4 is 16.9 Å². The number of carboxylic acid groups (broad SMARTS) is 1. The van der Waals surface area contributed by atoms with E-state index in [9.17, 15) is 14.7 Å². The van der Waals surface area contributed by atoms with Crippen LogP contribution in [0.2, 0.25) is 0 Å². The fraction of sp³-hybridized carbons (Fsp3) is 0.238. The van der Waals surface area contributed by atoms with E-state index in [0.29, 0.717) is 34.4 Å². The average Bonchev–Trinajstić information content (AvgIpc) is 2.64. The zero-order valence-corrected chi connectivity index (χ0v) is 15.5. The summed E-state index contributed by atoms with van der Waals surface area (Å²) < 4.78 is 12.2. The lowest BCUT2D eigenvalue weighted by Gasteiger charge is -2.13. The summed E-state index contributed by atoms with van der Waals surface area (Å²) in [6.07, 6.45) is 1.97. The lowest BCUT2D eigenvalue weighted by atomic mass is 10.0. The predicted molar refractivity (Wildman–Crippen MR) is 103 cm³/mol. The number of hydrogen-bond acceptors (Lipinski definition) is 4. The number of aryl methyl sites for hydroxylation is 1. The number of rotatable bonds is 6. The van der Waals surface area contributed by atoms with Crippen molar-refractivity contribution in [2.24, 2.45) is 0 Å². The van der Waals surface area contributed by atoms with Crippen LogP contribution in [0.5, 0.6) is 11.5 Å².